The molecule has 0 radical (unpaired) electrons. The van der Waals surface area contributed by atoms with Gasteiger partial charge >= 0.3 is 0 Å². The number of rotatable bonds is 8. The molecule has 0 unspecified atom stereocenters. The fraction of sp³-hybridized carbons (Fsp3) is 0.179. The lowest BCUT2D eigenvalue weighted by molar-refractivity contribution is -0.127. The molecule has 1 saturated heterocycles. The van der Waals surface area contributed by atoms with Crippen LogP contribution in [0.25, 0.3) is 6.08 Å². The number of ether oxygens (including phenoxy) is 2. The van der Waals surface area contributed by atoms with Crippen molar-refractivity contribution in [1.82, 2.24) is 4.90 Å². The maximum Gasteiger partial charge on any atom is 0.294 e. The van der Waals surface area contributed by atoms with Gasteiger partial charge in [-0.25, -0.2) is 4.39 Å². The summed E-state index contributed by atoms with van der Waals surface area (Å²) in [5.74, 6) is -0.860. The van der Waals surface area contributed by atoms with Crippen LogP contribution >= 0.6 is 23.4 Å². The Hall–Kier alpha value is -3.82. The number of hydrogen-bond acceptors (Lipinski definition) is 6. The van der Waals surface area contributed by atoms with Crippen LogP contribution in [0.5, 0.6) is 11.5 Å². The Kier molecular flexibility index (Phi) is 8.38. The highest BCUT2D eigenvalue weighted by Gasteiger charge is 2.36. The third kappa shape index (κ3) is 6.17. The van der Waals surface area contributed by atoms with E-state index in [1.54, 1.807) is 30.3 Å². The van der Waals surface area contributed by atoms with Gasteiger partial charge in [0.1, 0.15) is 19.0 Å². The summed E-state index contributed by atoms with van der Waals surface area (Å²) in [5, 5.41) is 2.43. The molecule has 196 valence electrons. The summed E-state index contributed by atoms with van der Waals surface area (Å²) < 4.78 is 25.2. The Morgan fingerprint density at radius 3 is 2.61 bits per heavy atom. The molecule has 1 aliphatic rings. The van der Waals surface area contributed by atoms with Crippen LogP contribution in [0.2, 0.25) is 5.02 Å². The van der Waals surface area contributed by atoms with Crippen LogP contribution in [0.4, 0.5) is 14.9 Å². The maximum atomic E-state index is 14.1. The number of aryl methyl sites for hydroxylation is 2. The fourth-order valence-corrected chi connectivity index (χ4v) is 4.85. The number of halogens is 2. The summed E-state index contributed by atoms with van der Waals surface area (Å²) in [7, 11) is 1.46. The van der Waals surface area contributed by atoms with Gasteiger partial charge in [-0.15, -0.1) is 0 Å². The van der Waals surface area contributed by atoms with E-state index < -0.39 is 29.4 Å². The quantitative estimate of drug-likeness (QED) is 0.326. The molecule has 0 aliphatic carbocycles. The zero-order valence-corrected chi connectivity index (χ0v) is 22.4. The van der Waals surface area contributed by atoms with Crippen LogP contribution in [-0.2, 0) is 16.2 Å². The Morgan fingerprint density at radius 2 is 1.89 bits per heavy atom. The monoisotopic (exact) mass is 554 g/mol. The number of imide groups is 1. The molecule has 3 aromatic rings. The Labute approximate surface area is 228 Å². The van der Waals surface area contributed by atoms with E-state index in [0.717, 1.165) is 27.8 Å². The van der Waals surface area contributed by atoms with Gasteiger partial charge in [-0.05, 0) is 73.1 Å². The molecule has 3 aromatic carbocycles. The second kappa shape index (κ2) is 11.7. The van der Waals surface area contributed by atoms with E-state index in [4.69, 9.17) is 21.1 Å². The zero-order valence-electron chi connectivity index (χ0n) is 20.8. The van der Waals surface area contributed by atoms with E-state index in [2.05, 4.69) is 5.32 Å². The molecule has 0 saturated carbocycles. The SMILES string of the molecule is COc1ccc(/C=C2/SC(=O)N(CC(=O)Nc3ccc(C)cc3C)C2=O)cc1OCc1c(F)cccc1Cl. The van der Waals surface area contributed by atoms with Crippen LogP contribution in [-0.4, -0.2) is 35.6 Å². The van der Waals surface area contributed by atoms with Crippen molar-refractivity contribution in [2.24, 2.45) is 0 Å². The Balaban J connectivity index is 1.48. The van der Waals surface area contributed by atoms with Crippen molar-refractivity contribution in [2.75, 3.05) is 19.0 Å². The predicted molar refractivity (Wildman–Crippen MR) is 146 cm³/mol. The minimum Gasteiger partial charge on any atom is -0.493 e. The first-order chi connectivity index (χ1) is 18.2. The smallest absolute Gasteiger partial charge is 0.294 e. The molecule has 4 rings (SSSR count). The number of amides is 3. The second-order valence-electron chi connectivity index (χ2n) is 8.53. The zero-order chi connectivity index (χ0) is 27.4. The molecule has 7 nitrogen and oxygen atoms in total. The Morgan fingerprint density at radius 1 is 1.11 bits per heavy atom. The molecule has 0 bridgehead atoms. The number of carbonyl (C=O) groups is 3. The van der Waals surface area contributed by atoms with Gasteiger partial charge in [0.25, 0.3) is 11.1 Å². The topological polar surface area (TPSA) is 84.9 Å². The van der Waals surface area contributed by atoms with Crippen molar-refractivity contribution in [3.8, 4) is 11.5 Å². The van der Waals surface area contributed by atoms with Crippen molar-refractivity contribution in [3.05, 3.63) is 92.6 Å². The van der Waals surface area contributed by atoms with Crippen LogP contribution < -0.4 is 14.8 Å². The summed E-state index contributed by atoms with van der Waals surface area (Å²) >= 11 is 6.83. The van der Waals surface area contributed by atoms with Crippen LogP contribution in [0.3, 0.4) is 0 Å². The lowest BCUT2D eigenvalue weighted by Crippen LogP contribution is -2.36. The molecule has 3 amide bonds. The normalized spacial score (nSPS) is 14.2. The van der Waals surface area contributed by atoms with Crippen molar-refractivity contribution < 1.29 is 28.2 Å². The van der Waals surface area contributed by atoms with Crippen molar-refractivity contribution in [1.29, 1.82) is 0 Å². The van der Waals surface area contributed by atoms with Gasteiger partial charge in [0.05, 0.1) is 17.0 Å². The molecule has 1 heterocycles. The molecule has 0 spiro atoms. The van der Waals surface area contributed by atoms with E-state index in [0.29, 0.717) is 22.7 Å². The molecule has 1 N–H and O–H groups in total. The van der Waals surface area contributed by atoms with Gasteiger partial charge in [0.2, 0.25) is 5.91 Å². The summed E-state index contributed by atoms with van der Waals surface area (Å²) in [6.07, 6.45) is 1.52. The van der Waals surface area contributed by atoms with E-state index in [1.807, 2.05) is 26.0 Å². The highest BCUT2D eigenvalue weighted by molar-refractivity contribution is 8.18. The number of carbonyl (C=O) groups excluding carboxylic acids is 3. The molecular formula is C28H24ClFN2O5S. The first-order valence-electron chi connectivity index (χ1n) is 11.5. The van der Waals surface area contributed by atoms with Gasteiger partial charge < -0.3 is 14.8 Å². The van der Waals surface area contributed by atoms with Gasteiger partial charge in [0.15, 0.2) is 11.5 Å². The number of hydrogen-bond donors (Lipinski definition) is 1. The van der Waals surface area contributed by atoms with E-state index in [-0.39, 0.29) is 22.1 Å². The van der Waals surface area contributed by atoms with Crippen LogP contribution in [0.15, 0.2) is 59.5 Å². The molecule has 38 heavy (non-hydrogen) atoms. The third-order valence-electron chi connectivity index (χ3n) is 5.75. The van der Waals surface area contributed by atoms with Gasteiger partial charge in [-0.3, -0.25) is 19.3 Å². The molecular weight excluding hydrogens is 531 g/mol. The largest absolute Gasteiger partial charge is 0.493 e. The molecule has 10 heteroatoms. The molecule has 0 aromatic heterocycles. The minimum absolute atomic E-state index is 0.141. The van der Waals surface area contributed by atoms with Gasteiger partial charge in [0, 0.05) is 11.3 Å². The van der Waals surface area contributed by atoms with Crippen LogP contribution in [0.1, 0.15) is 22.3 Å². The first kappa shape index (κ1) is 27.2. The number of methoxy groups -OCH3 is 1. The second-order valence-corrected chi connectivity index (χ2v) is 9.93. The molecule has 1 aliphatic heterocycles. The number of thioether (sulfide) groups is 1. The molecule has 0 atom stereocenters. The highest BCUT2D eigenvalue weighted by atomic mass is 35.5. The highest BCUT2D eigenvalue weighted by Crippen LogP contribution is 2.35. The summed E-state index contributed by atoms with van der Waals surface area (Å²) in [4.78, 5) is 39.1. The lowest BCUT2D eigenvalue weighted by atomic mass is 10.1. The molecule has 1 fully saturated rings. The average Bonchev–Trinajstić information content (AvgIpc) is 3.13. The van der Waals surface area contributed by atoms with E-state index >= 15 is 0 Å². The van der Waals surface area contributed by atoms with E-state index in [9.17, 15) is 18.8 Å². The van der Waals surface area contributed by atoms with Crippen molar-refractivity contribution in [2.45, 2.75) is 20.5 Å². The number of anilines is 1. The van der Waals surface area contributed by atoms with Crippen molar-refractivity contribution in [3.63, 3.8) is 0 Å². The number of nitrogens with one attached hydrogen (secondary N) is 1. The summed E-state index contributed by atoms with van der Waals surface area (Å²) in [5.41, 5.74) is 3.29. The number of nitrogens with zero attached hydrogens (tertiary/aromatic N) is 1. The van der Waals surface area contributed by atoms with Gasteiger partial charge in [-0.2, -0.15) is 0 Å². The third-order valence-corrected chi connectivity index (χ3v) is 7.01. The van der Waals surface area contributed by atoms with E-state index in [1.165, 1.54) is 25.3 Å². The maximum absolute atomic E-state index is 14.1. The Bertz CT molecular complexity index is 1440. The van der Waals surface area contributed by atoms with Crippen LogP contribution in [0, 0.1) is 19.7 Å². The summed E-state index contributed by atoms with van der Waals surface area (Å²) in [6.45, 7) is 3.26. The minimum atomic E-state index is -0.577. The van der Waals surface area contributed by atoms with Crippen molar-refractivity contribution >= 4 is 52.2 Å². The standard InChI is InChI=1S/C28H24ClFN2O5S/c1-16-7-9-22(17(2)11-16)31-26(33)14-32-27(34)25(38-28(32)35)13-18-8-10-23(36-3)24(12-18)37-15-19-20(29)5-4-6-21(19)30/h4-13H,14-15H2,1-3H3,(H,31,33)/b25-13+. The lowest BCUT2D eigenvalue weighted by Gasteiger charge is -2.14. The average molecular weight is 555 g/mol. The predicted octanol–water partition coefficient (Wildman–Crippen LogP) is 6.36. The summed E-state index contributed by atoms with van der Waals surface area (Å²) in [6, 6.07) is 14.8. The first-order valence-corrected chi connectivity index (χ1v) is 12.7. The van der Waals surface area contributed by atoms with Gasteiger partial charge in [-0.1, -0.05) is 41.4 Å². The number of benzene rings is 3. The fourth-order valence-electron chi connectivity index (χ4n) is 3.79.